The van der Waals surface area contributed by atoms with Crippen molar-refractivity contribution >= 4 is 17.3 Å². The van der Waals surface area contributed by atoms with Gasteiger partial charge >= 0.3 is 29.6 Å². The van der Waals surface area contributed by atoms with Crippen LogP contribution < -0.4 is 39.4 Å². The third kappa shape index (κ3) is 6.94. The van der Waals surface area contributed by atoms with Crippen LogP contribution in [0.3, 0.4) is 0 Å². The van der Waals surface area contributed by atoms with Crippen molar-refractivity contribution in [2.24, 2.45) is 0 Å². The Morgan fingerprint density at radius 1 is 1.17 bits per heavy atom. The number of hydrogen-bond donors (Lipinski definition) is 1. The fourth-order valence-corrected chi connectivity index (χ4v) is 3.71. The summed E-state index contributed by atoms with van der Waals surface area (Å²) in [6.07, 6.45) is 0.0593. The molecule has 0 aliphatic heterocycles. The van der Waals surface area contributed by atoms with E-state index in [2.05, 4.69) is 0 Å². The molecule has 0 fully saturated rings. The molecule has 146 valence electrons. The third-order valence-corrected chi connectivity index (χ3v) is 5.49. The topological polar surface area (TPSA) is 82.5 Å². The van der Waals surface area contributed by atoms with Crippen LogP contribution in [-0.4, -0.2) is 22.2 Å². The Morgan fingerprint density at radius 2 is 1.86 bits per heavy atom. The SMILES string of the molecule is Cc1sc(-c2ccccc2)nc1COc1ccc(CCCC(O)C(=O)[O-])cc1.[Na+]. The molecule has 0 aliphatic carbocycles. The Hall–Kier alpha value is -1.70. The van der Waals surface area contributed by atoms with Crippen LogP contribution in [-0.2, 0) is 17.8 Å². The molecule has 0 aliphatic rings. The second kappa shape index (κ2) is 11.5. The monoisotopic (exact) mass is 419 g/mol. The number of thiazole rings is 1. The Balaban J connectivity index is 0.00000300. The molecule has 1 aromatic heterocycles. The van der Waals surface area contributed by atoms with Crippen LogP contribution >= 0.6 is 11.3 Å². The number of rotatable bonds is 9. The molecule has 0 saturated carbocycles. The molecular formula is C22H22NNaO4S. The van der Waals surface area contributed by atoms with Gasteiger partial charge in [0.1, 0.15) is 17.4 Å². The van der Waals surface area contributed by atoms with E-state index in [0.29, 0.717) is 19.4 Å². The first kappa shape index (κ1) is 23.6. The van der Waals surface area contributed by atoms with Gasteiger partial charge in [-0.1, -0.05) is 42.5 Å². The average molecular weight is 419 g/mol. The molecule has 29 heavy (non-hydrogen) atoms. The average Bonchev–Trinajstić information content (AvgIpc) is 3.08. The summed E-state index contributed by atoms with van der Waals surface area (Å²) in [4.78, 5) is 16.3. The third-order valence-electron chi connectivity index (χ3n) is 4.43. The van der Waals surface area contributed by atoms with Crippen molar-refractivity contribution in [3.05, 3.63) is 70.7 Å². The molecule has 1 atom stereocenters. The minimum Gasteiger partial charge on any atom is -0.547 e. The number of carbonyl (C=O) groups is 1. The molecule has 1 N–H and O–H groups in total. The number of carboxylic acids is 1. The van der Waals surface area contributed by atoms with Gasteiger partial charge in [-0.05, 0) is 43.9 Å². The molecule has 0 spiro atoms. The summed E-state index contributed by atoms with van der Waals surface area (Å²) in [6, 6.07) is 17.8. The predicted molar refractivity (Wildman–Crippen MR) is 107 cm³/mol. The van der Waals surface area contributed by atoms with E-state index in [1.807, 2.05) is 61.5 Å². The van der Waals surface area contributed by atoms with Crippen molar-refractivity contribution in [2.45, 2.75) is 38.9 Å². The number of nitrogens with zero attached hydrogens (tertiary/aromatic N) is 1. The van der Waals surface area contributed by atoms with Gasteiger partial charge in [0, 0.05) is 10.4 Å². The molecule has 1 heterocycles. The Kier molecular flexibility index (Phi) is 9.33. The summed E-state index contributed by atoms with van der Waals surface area (Å²) in [7, 11) is 0. The maximum Gasteiger partial charge on any atom is 1.00 e. The van der Waals surface area contributed by atoms with E-state index >= 15 is 0 Å². The number of aromatic nitrogens is 1. The molecule has 7 heteroatoms. The van der Waals surface area contributed by atoms with Gasteiger partial charge in [-0.2, -0.15) is 0 Å². The van der Waals surface area contributed by atoms with Gasteiger partial charge in [0.05, 0.1) is 17.8 Å². The summed E-state index contributed by atoms with van der Waals surface area (Å²) in [5.41, 5.74) is 3.10. The van der Waals surface area contributed by atoms with Crippen molar-refractivity contribution in [2.75, 3.05) is 0 Å². The molecule has 1 unspecified atom stereocenters. The van der Waals surface area contributed by atoms with Gasteiger partial charge in [0.15, 0.2) is 0 Å². The summed E-state index contributed by atoms with van der Waals surface area (Å²) in [5, 5.41) is 20.7. The van der Waals surface area contributed by atoms with E-state index in [1.54, 1.807) is 11.3 Å². The maximum atomic E-state index is 10.5. The van der Waals surface area contributed by atoms with E-state index in [4.69, 9.17) is 9.72 Å². The van der Waals surface area contributed by atoms with Crippen LogP contribution in [0.2, 0.25) is 0 Å². The van der Waals surface area contributed by atoms with Crippen LogP contribution in [0, 0.1) is 6.92 Å². The molecule has 3 aromatic rings. The molecular weight excluding hydrogens is 397 g/mol. The van der Waals surface area contributed by atoms with Crippen LogP contribution in [0.15, 0.2) is 54.6 Å². The molecule has 0 radical (unpaired) electrons. The summed E-state index contributed by atoms with van der Waals surface area (Å²) >= 11 is 1.66. The molecule has 2 aromatic carbocycles. The standard InChI is InChI=1S/C22H23NO4S.Na/c1-15-19(23-21(28-15)17-7-3-2-4-8-17)14-27-18-12-10-16(11-13-18)6-5-9-20(24)22(25)26;/h2-4,7-8,10-13,20,24H,5-6,9,14H2,1H3,(H,25,26);/q;+1/p-1. The van der Waals surface area contributed by atoms with Crippen LogP contribution in [0.25, 0.3) is 10.6 Å². The largest absolute Gasteiger partial charge is 1.00 e. The summed E-state index contributed by atoms with van der Waals surface area (Å²) < 4.78 is 5.87. The smallest absolute Gasteiger partial charge is 0.547 e. The van der Waals surface area contributed by atoms with Gasteiger partial charge in [-0.25, -0.2) is 4.98 Å². The number of carboxylic acid groups (broad SMARTS) is 1. The number of aryl methyl sites for hydroxylation is 2. The minimum atomic E-state index is -1.42. The molecule has 3 rings (SSSR count). The first-order valence-corrected chi connectivity index (χ1v) is 9.97. The van der Waals surface area contributed by atoms with Crippen molar-refractivity contribution in [3.63, 3.8) is 0 Å². The number of aliphatic hydroxyl groups is 1. The fourth-order valence-electron chi connectivity index (χ4n) is 2.79. The molecule has 0 bridgehead atoms. The zero-order valence-electron chi connectivity index (χ0n) is 16.6. The van der Waals surface area contributed by atoms with Crippen molar-refractivity contribution in [3.8, 4) is 16.3 Å². The first-order valence-electron chi connectivity index (χ1n) is 9.15. The minimum absolute atomic E-state index is 0. The van der Waals surface area contributed by atoms with Gasteiger partial charge < -0.3 is 19.7 Å². The molecule has 0 amide bonds. The molecule has 5 nitrogen and oxygen atoms in total. The predicted octanol–water partition coefficient (Wildman–Crippen LogP) is 0.135. The number of aliphatic carboxylic acids is 1. The van der Waals surface area contributed by atoms with E-state index in [9.17, 15) is 15.0 Å². The van der Waals surface area contributed by atoms with Crippen molar-refractivity contribution < 1.29 is 49.3 Å². The summed E-state index contributed by atoms with van der Waals surface area (Å²) in [6.45, 7) is 2.46. The Bertz CT molecular complexity index is 912. The second-order valence-electron chi connectivity index (χ2n) is 6.55. The maximum absolute atomic E-state index is 10.5. The van der Waals surface area contributed by atoms with E-state index in [0.717, 1.165) is 32.5 Å². The fraction of sp³-hybridized carbons (Fsp3) is 0.273. The second-order valence-corrected chi connectivity index (χ2v) is 7.75. The van der Waals surface area contributed by atoms with Crippen molar-refractivity contribution in [1.82, 2.24) is 4.98 Å². The number of aliphatic hydroxyl groups excluding tert-OH is 1. The number of hydrogen-bond acceptors (Lipinski definition) is 6. The molecule has 0 saturated heterocycles. The zero-order valence-corrected chi connectivity index (χ0v) is 19.4. The van der Waals surface area contributed by atoms with Gasteiger partial charge in [0.25, 0.3) is 0 Å². The van der Waals surface area contributed by atoms with Crippen LogP contribution in [0.1, 0.15) is 29.0 Å². The van der Waals surface area contributed by atoms with E-state index < -0.39 is 12.1 Å². The van der Waals surface area contributed by atoms with Gasteiger partial charge in [0.2, 0.25) is 0 Å². The zero-order chi connectivity index (χ0) is 19.9. The normalized spacial score (nSPS) is 11.5. The van der Waals surface area contributed by atoms with Gasteiger partial charge in [-0.15, -0.1) is 11.3 Å². The number of carbonyl (C=O) groups excluding carboxylic acids is 1. The van der Waals surface area contributed by atoms with Crippen molar-refractivity contribution in [1.29, 1.82) is 0 Å². The van der Waals surface area contributed by atoms with E-state index in [-0.39, 0.29) is 36.0 Å². The number of ether oxygens (including phenoxy) is 1. The quantitative estimate of drug-likeness (QED) is 0.499. The van der Waals surface area contributed by atoms with Crippen LogP contribution in [0.4, 0.5) is 0 Å². The van der Waals surface area contributed by atoms with E-state index in [1.165, 1.54) is 0 Å². The number of benzene rings is 2. The Morgan fingerprint density at radius 3 is 2.52 bits per heavy atom. The van der Waals surface area contributed by atoms with Gasteiger partial charge in [-0.3, -0.25) is 0 Å². The first-order chi connectivity index (χ1) is 13.5. The summed E-state index contributed by atoms with van der Waals surface area (Å²) in [5.74, 6) is -0.663. The Labute approximate surface area is 196 Å². The van der Waals surface area contributed by atoms with Crippen LogP contribution in [0.5, 0.6) is 5.75 Å².